The number of halogens is 4. The van der Waals surface area contributed by atoms with Crippen LogP contribution in [0.3, 0.4) is 0 Å². The van der Waals surface area contributed by atoms with Crippen LogP contribution >= 0.6 is 0 Å². The molecular formula is C10H4F4N2. The molecule has 82 valence electrons. The molecule has 1 rings (SSSR count). The molecule has 0 fully saturated rings. The summed E-state index contributed by atoms with van der Waals surface area (Å²) in [5.74, 6) is -1.15. The average Bonchev–Trinajstić information content (AvgIpc) is 2.18. The average molecular weight is 228 g/mol. The molecule has 0 saturated heterocycles. The topological polar surface area (TPSA) is 47.6 Å². The highest BCUT2D eigenvalue weighted by molar-refractivity contribution is 5.46. The first-order chi connectivity index (χ1) is 7.40. The fraction of sp³-hybridized carbons (Fsp3) is 0.200. The molecule has 0 amide bonds. The second kappa shape index (κ2) is 4.19. The highest BCUT2D eigenvalue weighted by Gasteiger charge is 2.35. The summed E-state index contributed by atoms with van der Waals surface area (Å²) in [6.07, 6.45) is -5.36. The van der Waals surface area contributed by atoms with Crippen LogP contribution in [0.15, 0.2) is 12.1 Å². The molecule has 1 aromatic rings. The molecule has 1 aromatic carbocycles. The summed E-state index contributed by atoms with van der Waals surface area (Å²) in [6.45, 7) is 0. The Labute approximate surface area is 88.3 Å². The number of nitriles is 2. The van der Waals surface area contributed by atoms with Crippen molar-refractivity contribution in [2.45, 2.75) is 12.6 Å². The van der Waals surface area contributed by atoms with Gasteiger partial charge in [0.25, 0.3) is 0 Å². The summed E-state index contributed by atoms with van der Waals surface area (Å²) in [6, 6.07) is 3.93. The minimum absolute atomic E-state index is 0.285. The molecule has 0 spiro atoms. The third kappa shape index (κ3) is 2.29. The Balaban J connectivity index is 3.54. The molecule has 0 atom stereocenters. The monoisotopic (exact) mass is 228 g/mol. The maximum Gasteiger partial charge on any atom is 0.416 e. The fourth-order valence-electron chi connectivity index (χ4n) is 1.26. The first-order valence-electron chi connectivity index (χ1n) is 4.06. The highest BCUT2D eigenvalue weighted by Crippen LogP contribution is 2.34. The number of alkyl halides is 3. The smallest absolute Gasteiger partial charge is 0.207 e. The van der Waals surface area contributed by atoms with E-state index in [0.29, 0.717) is 6.07 Å². The Kier molecular flexibility index (Phi) is 3.14. The van der Waals surface area contributed by atoms with Crippen molar-refractivity contribution in [3.8, 4) is 12.1 Å². The molecule has 16 heavy (non-hydrogen) atoms. The van der Waals surface area contributed by atoms with Gasteiger partial charge in [0, 0.05) is 0 Å². The molecule has 0 N–H and O–H groups in total. The van der Waals surface area contributed by atoms with Crippen LogP contribution in [0.4, 0.5) is 17.6 Å². The SMILES string of the molecule is N#CCc1c(C#N)cc(F)cc1C(F)(F)F. The van der Waals surface area contributed by atoms with Gasteiger partial charge in [-0.25, -0.2) is 4.39 Å². The van der Waals surface area contributed by atoms with E-state index in [4.69, 9.17) is 10.5 Å². The lowest BCUT2D eigenvalue weighted by Crippen LogP contribution is -2.11. The molecule has 0 unspecified atom stereocenters. The van der Waals surface area contributed by atoms with Gasteiger partial charge >= 0.3 is 6.18 Å². The number of benzene rings is 1. The summed E-state index contributed by atoms with van der Waals surface area (Å²) in [5, 5.41) is 16.9. The first-order valence-corrected chi connectivity index (χ1v) is 4.06. The predicted octanol–water partition coefficient (Wildman–Crippen LogP) is 2.78. The van der Waals surface area contributed by atoms with Crippen LogP contribution in [0.2, 0.25) is 0 Å². The molecule has 0 aliphatic heterocycles. The second-order valence-corrected chi connectivity index (χ2v) is 2.92. The van der Waals surface area contributed by atoms with E-state index in [1.54, 1.807) is 0 Å². The standard InChI is InChI=1S/C10H4F4N2/c11-7-3-6(5-16)8(1-2-15)9(4-7)10(12,13)14/h3-4H,1H2. The largest absolute Gasteiger partial charge is 0.416 e. The molecule has 2 nitrogen and oxygen atoms in total. The van der Waals surface area contributed by atoms with Crippen molar-refractivity contribution >= 4 is 0 Å². The molecule has 0 heterocycles. The lowest BCUT2D eigenvalue weighted by atomic mass is 9.98. The minimum Gasteiger partial charge on any atom is -0.207 e. The summed E-state index contributed by atoms with van der Waals surface area (Å²) in [4.78, 5) is 0. The Hall–Kier alpha value is -2.08. The number of hydrogen-bond acceptors (Lipinski definition) is 2. The maximum absolute atomic E-state index is 12.8. The first kappa shape index (κ1) is 12.0. The van der Waals surface area contributed by atoms with Crippen molar-refractivity contribution in [1.29, 1.82) is 10.5 Å². The van der Waals surface area contributed by atoms with Crippen LogP contribution in [0, 0.1) is 28.5 Å². The van der Waals surface area contributed by atoms with E-state index in [1.165, 1.54) is 12.1 Å². The molecular weight excluding hydrogens is 224 g/mol. The predicted molar refractivity (Wildman–Crippen MR) is 45.4 cm³/mol. The van der Waals surface area contributed by atoms with Crippen LogP contribution in [0.25, 0.3) is 0 Å². The van der Waals surface area contributed by atoms with Gasteiger partial charge in [-0.15, -0.1) is 0 Å². The third-order valence-electron chi connectivity index (χ3n) is 1.90. The lowest BCUT2D eigenvalue weighted by Gasteiger charge is -2.12. The fourth-order valence-corrected chi connectivity index (χ4v) is 1.26. The summed E-state index contributed by atoms with van der Waals surface area (Å²) in [5.41, 5.74) is -2.22. The van der Waals surface area contributed by atoms with Crippen molar-refractivity contribution in [3.05, 3.63) is 34.6 Å². The summed E-state index contributed by atoms with van der Waals surface area (Å²) in [7, 11) is 0. The zero-order chi connectivity index (χ0) is 12.3. The van der Waals surface area contributed by atoms with Crippen molar-refractivity contribution in [2.24, 2.45) is 0 Å². The molecule has 0 saturated carbocycles. The van der Waals surface area contributed by atoms with Crippen molar-refractivity contribution in [3.63, 3.8) is 0 Å². The van der Waals surface area contributed by atoms with Gasteiger partial charge in [0.2, 0.25) is 0 Å². The van der Waals surface area contributed by atoms with Gasteiger partial charge < -0.3 is 0 Å². The minimum atomic E-state index is -4.78. The van der Waals surface area contributed by atoms with E-state index in [1.807, 2.05) is 0 Å². The highest BCUT2D eigenvalue weighted by atomic mass is 19.4. The van der Waals surface area contributed by atoms with E-state index in [2.05, 4.69) is 0 Å². The van der Waals surface area contributed by atoms with E-state index in [0.717, 1.165) is 0 Å². The Morgan fingerprint density at radius 3 is 2.25 bits per heavy atom. The van der Waals surface area contributed by atoms with Gasteiger partial charge in [-0.3, -0.25) is 0 Å². The van der Waals surface area contributed by atoms with Crippen LogP contribution < -0.4 is 0 Å². The zero-order valence-electron chi connectivity index (χ0n) is 7.77. The Morgan fingerprint density at radius 2 is 1.81 bits per heavy atom. The lowest BCUT2D eigenvalue weighted by molar-refractivity contribution is -0.138. The van der Waals surface area contributed by atoms with Gasteiger partial charge in [-0.1, -0.05) is 0 Å². The van der Waals surface area contributed by atoms with Crippen LogP contribution in [0.5, 0.6) is 0 Å². The van der Waals surface area contributed by atoms with Crippen LogP contribution in [0.1, 0.15) is 16.7 Å². The van der Waals surface area contributed by atoms with Crippen LogP contribution in [-0.2, 0) is 12.6 Å². The van der Waals surface area contributed by atoms with E-state index in [9.17, 15) is 17.6 Å². The van der Waals surface area contributed by atoms with Gasteiger partial charge in [-0.05, 0) is 17.7 Å². The zero-order valence-corrected chi connectivity index (χ0v) is 7.77. The number of nitrogens with zero attached hydrogens (tertiary/aromatic N) is 2. The van der Waals surface area contributed by atoms with Gasteiger partial charge in [0.1, 0.15) is 5.82 Å². The molecule has 0 aromatic heterocycles. The van der Waals surface area contributed by atoms with Crippen molar-refractivity contribution in [1.82, 2.24) is 0 Å². The van der Waals surface area contributed by atoms with Gasteiger partial charge in [-0.2, -0.15) is 23.7 Å². The maximum atomic E-state index is 12.8. The molecule has 0 aliphatic carbocycles. The number of hydrogen-bond donors (Lipinski definition) is 0. The third-order valence-corrected chi connectivity index (χ3v) is 1.90. The molecule has 0 bridgehead atoms. The molecule has 0 aliphatic rings. The molecule has 0 radical (unpaired) electrons. The van der Waals surface area contributed by atoms with E-state index in [-0.39, 0.29) is 6.07 Å². The quantitative estimate of drug-likeness (QED) is 0.694. The van der Waals surface area contributed by atoms with Crippen molar-refractivity contribution in [2.75, 3.05) is 0 Å². The number of rotatable bonds is 1. The van der Waals surface area contributed by atoms with Crippen molar-refractivity contribution < 1.29 is 17.6 Å². The summed E-state index contributed by atoms with van der Waals surface area (Å²) >= 11 is 0. The second-order valence-electron chi connectivity index (χ2n) is 2.92. The van der Waals surface area contributed by atoms with E-state index >= 15 is 0 Å². The Morgan fingerprint density at radius 1 is 1.19 bits per heavy atom. The van der Waals surface area contributed by atoms with Gasteiger partial charge in [0.15, 0.2) is 0 Å². The molecule has 6 heteroatoms. The summed E-state index contributed by atoms with van der Waals surface area (Å²) < 4.78 is 50.3. The normalized spacial score (nSPS) is 10.6. The van der Waals surface area contributed by atoms with Crippen LogP contribution in [-0.4, -0.2) is 0 Å². The van der Waals surface area contributed by atoms with Gasteiger partial charge in [0.05, 0.1) is 29.7 Å². The Bertz CT molecular complexity index is 491. The van der Waals surface area contributed by atoms with E-state index < -0.39 is 35.1 Å².